The van der Waals surface area contributed by atoms with Gasteiger partial charge in [0.05, 0.1) is 5.56 Å². The topological polar surface area (TPSA) is 78.2 Å². The minimum atomic E-state index is -0.698. The van der Waals surface area contributed by atoms with Gasteiger partial charge >= 0.3 is 0 Å². The van der Waals surface area contributed by atoms with Crippen LogP contribution >= 0.6 is 0 Å². The molecular weight excluding hydrogens is 206 g/mol. The number of nitriles is 1. The number of methoxy groups -OCH3 is 1. The molecule has 2 N–H and O–H groups in total. The minimum Gasteiger partial charge on any atom is -0.370 e. The molecule has 0 aliphatic rings. The highest BCUT2D eigenvalue weighted by molar-refractivity contribution is 5.38. The normalized spacial score (nSPS) is 11.8. The molecule has 0 spiro atoms. The lowest BCUT2D eigenvalue weighted by Gasteiger charge is -2.08. The maximum atomic E-state index is 9.12. The summed E-state index contributed by atoms with van der Waals surface area (Å²) >= 11 is 0. The van der Waals surface area contributed by atoms with Crippen LogP contribution < -0.4 is 5.32 Å². The van der Waals surface area contributed by atoms with Gasteiger partial charge < -0.3 is 15.2 Å². The predicted molar refractivity (Wildman–Crippen MR) is 59.7 cm³/mol. The van der Waals surface area contributed by atoms with Gasteiger partial charge in [0.1, 0.15) is 11.9 Å². The highest BCUT2D eigenvalue weighted by Crippen LogP contribution is 2.05. The Balaban J connectivity index is 2.25. The highest BCUT2D eigenvalue weighted by Gasteiger charge is 2.00. The van der Waals surface area contributed by atoms with Crippen LogP contribution in [0.3, 0.4) is 0 Å². The summed E-state index contributed by atoms with van der Waals surface area (Å²) in [5.41, 5.74) is 0.542. The Labute approximate surface area is 94.7 Å². The zero-order valence-corrected chi connectivity index (χ0v) is 9.18. The van der Waals surface area contributed by atoms with E-state index in [-0.39, 0.29) is 0 Å². The van der Waals surface area contributed by atoms with Gasteiger partial charge in [-0.3, -0.25) is 0 Å². The molecular formula is C11H15N3O2. The van der Waals surface area contributed by atoms with E-state index in [4.69, 9.17) is 15.1 Å². The third-order valence-corrected chi connectivity index (χ3v) is 2.10. The number of rotatable bonds is 6. The quantitative estimate of drug-likeness (QED) is 0.555. The smallest absolute Gasteiger partial charge is 0.154 e. The van der Waals surface area contributed by atoms with E-state index >= 15 is 0 Å². The van der Waals surface area contributed by atoms with Gasteiger partial charge in [-0.25, -0.2) is 4.98 Å². The standard InChI is InChI=1S/C11H15N3O2/c1-16-11(15)3-2-6-13-10-5-4-9(7-12)8-14-10/h4-5,8,11,15H,2-3,6H2,1H3,(H,13,14). The first-order valence-electron chi connectivity index (χ1n) is 5.07. The summed E-state index contributed by atoms with van der Waals surface area (Å²) in [5.74, 6) is 0.728. The van der Waals surface area contributed by atoms with Crippen molar-refractivity contribution < 1.29 is 9.84 Å². The van der Waals surface area contributed by atoms with Gasteiger partial charge in [0.25, 0.3) is 0 Å². The zero-order chi connectivity index (χ0) is 11.8. The molecule has 1 unspecified atom stereocenters. The molecule has 1 aromatic rings. The van der Waals surface area contributed by atoms with E-state index in [1.165, 1.54) is 13.3 Å². The molecule has 0 amide bonds. The van der Waals surface area contributed by atoms with Crippen LogP contribution in [-0.4, -0.2) is 30.0 Å². The van der Waals surface area contributed by atoms with E-state index in [1.54, 1.807) is 12.1 Å². The van der Waals surface area contributed by atoms with E-state index in [9.17, 15) is 0 Å². The van der Waals surface area contributed by atoms with Crippen LogP contribution in [0.25, 0.3) is 0 Å². The van der Waals surface area contributed by atoms with Crippen molar-refractivity contribution in [3.05, 3.63) is 23.9 Å². The monoisotopic (exact) mass is 221 g/mol. The lowest BCUT2D eigenvalue weighted by molar-refractivity contribution is -0.0785. The fraction of sp³-hybridized carbons (Fsp3) is 0.455. The Bertz CT molecular complexity index is 345. The van der Waals surface area contributed by atoms with Crippen LogP contribution in [0.4, 0.5) is 5.82 Å². The van der Waals surface area contributed by atoms with Gasteiger partial charge in [-0.05, 0) is 25.0 Å². The van der Waals surface area contributed by atoms with Gasteiger partial charge in [-0.2, -0.15) is 5.26 Å². The van der Waals surface area contributed by atoms with Crippen molar-refractivity contribution in [1.82, 2.24) is 4.98 Å². The van der Waals surface area contributed by atoms with Gasteiger partial charge in [0.2, 0.25) is 0 Å². The first-order valence-corrected chi connectivity index (χ1v) is 5.07. The van der Waals surface area contributed by atoms with Gasteiger partial charge in [-0.15, -0.1) is 0 Å². The second-order valence-electron chi connectivity index (χ2n) is 3.30. The van der Waals surface area contributed by atoms with Gasteiger partial charge in [-0.1, -0.05) is 0 Å². The number of aliphatic hydroxyl groups is 1. The summed E-state index contributed by atoms with van der Waals surface area (Å²) in [5, 5.41) is 20.8. The average Bonchev–Trinajstić information content (AvgIpc) is 2.35. The Hall–Kier alpha value is -1.64. The van der Waals surface area contributed by atoms with Crippen LogP contribution in [0.1, 0.15) is 18.4 Å². The number of hydrogen-bond acceptors (Lipinski definition) is 5. The van der Waals surface area contributed by atoms with Crippen molar-refractivity contribution in [3.63, 3.8) is 0 Å². The predicted octanol–water partition coefficient (Wildman–Crippen LogP) is 1.11. The average molecular weight is 221 g/mol. The van der Waals surface area contributed by atoms with E-state index in [0.29, 0.717) is 18.5 Å². The molecule has 0 saturated carbocycles. The highest BCUT2D eigenvalue weighted by atomic mass is 16.6. The SMILES string of the molecule is COC(O)CCCNc1ccc(C#N)cn1. The molecule has 5 heteroatoms. The molecule has 0 saturated heterocycles. The number of aromatic nitrogens is 1. The first kappa shape index (κ1) is 12.4. The number of pyridine rings is 1. The largest absolute Gasteiger partial charge is 0.370 e. The molecule has 0 aromatic carbocycles. The summed E-state index contributed by atoms with van der Waals surface area (Å²) in [6.45, 7) is 0.708. The molecule has 1 atom stereocenters. The fourth-order valence-corrected chi connectivity index (χ4v) is 1.18. The molecule has 0 aliphatic carbocycles. The van der Waals surface area contributed by atoms with Gasteiger partial charge in [0.15, 0.2) is 6.29 Å². The Morgan fingerprint density at radius 2 is 2.44 bits per heavy atom. The molecule has 1 aromatic heterocycles. The molecule has 86 valence electrons. The third-order valence-electron chi connectivity index (χ3n) is 2.10. The molecule has 0 bridgehead atoms. The molecule has 5 nitrogen and oxygen atoms in total. The van der Waals surface area contributed by atoms with Crippen molar-refractivity contribution in [2.75, 3.05) is 19.0 Å². The Morgan fingerprint density at radius 3 is 3.00 bits per heavy atom. The molecule has 1 heterocycles. The van der Waals surface area contributed by atoms with Crippen molar-refractivity contribution in [2.45, 2.75) is 19.1 Å². The van der Waals surface area contributed by atoms with Crippen molar-refractivity contribution in [3.8, 4) is 6.07 Å². The van der Waals surface area contributed by atoms with Crippen molar-refractivity contribution in [2.24, 2.45) is 0 Å². The Kier molecular flexibility index (Phi) is 5.26. The number of nitrogens with zero attached hydrogens (tertiary/aromatic N) is 2. The molecule has 0 radical (unpaired) electrons. The Morgan fingerprint density at radius 1 is 1.62 bits per heavy atom. The van der Waals surface area contributed by atoms with E-state index in [0.717, 1.165) is 12.2 Å². The summed E-state index contributed by atoms with van der Waals surface area (Å²) in [4.78, 5) is 4.06. The lowest BCUT2D eigenvalue weighted by Crippen LogP contribution is -2.11. The summed E-state index contributed by atoms with van der Waals surface area (Å²) in [6, 6.07) is 5.47. The summed E-state index contributed by atoms with van der Waals surface area (Å²) in [6.07, 6.45) is 2.19. The van der Waals surface area contributed by atoms with E-state index in [2.05, 4.69) is 10.3 Å². The van der Waals surface area contributed by atoms with Crippen molar-refractivity contribution >= 4 is 5.82 Å². The minimum absolute atomic E-state index is 0.542. The number of anilines is 1. The third kappa shape index (κ3) is 4.26. The van der Waals surface area contributed by atoms with E-state index < -0.39 is 6.29 Å². The number of hydrogen-bond donors (Lipinski definition) is 2. The first-order chi connectivity index (χ1) is 7.76. The van der Waals surface area contributed by atoms with Crippen molar-refractivity contribution in [1.29, 1.82) is 5.26 Å². The van der Waals surface area contributed by atoms with Crippen LogP contribution in [0, 0.1) is 11.3 Å². The summed E-state index contributed by atoms with van der Waals surface area (Å²) in [7, 11) is 1.47. The molecule has 1 rings (SSSR count). The zero-order valence-electron chi connectivity index (χ0n) is 9.18. The number of aliphatic hydroxyl groups excluding tert-OH is 1. The second-order valence-corrected chi connectivity index (χ2v) is 3.30. The number of nitrogens with one attached hydrogen (secondary N) is 1. The van der Waals surface area contributed by atoms with Crippen LogP contribution in [0.15, 0.2) is 18.3 Å². The molecule has 0 aliphatic heterocycles. The maximum absolute atomic E-state index is 9.12. The maximum Gasteiger partial charge on any atom is 0.154 e. The fourth-order valence-electron chi connectivity index (χ4n) is 1.18. The second kappa shape index (κ2) is 6.77. The molecule has 16 heavy (non-hydrogen) atoms. The van der Waals surface area contributed by atoms with Crippen LogP contribution in [0.2, 0.25) is 0 Å². The molecule has 0 fully saturated rings. The number of ether oxygens (including phenoxy) is 1. The van der Waals surface area contributed by atoms with Crippen LogP contribution in [-0.2, 0) is 4.74 Å². The van der Waals surface area contributed by atoms with E-state index in [1.807, 2.05) is 6.07 Å². The summed E-state index contributed by atoms with van der Waals surface area (Å²) < 4.78 is 4.71. The lowest BCUT2D eigenvalue weighted by atomic mass is 10.3. The van der Waals surface area contributed by atoms with Crippen LogP contribution in [0.5, 0.6) is 0 Å². The van der Waals surface area contributed by atoms with Gasteiger partial charge in [0, 0.05) is 19.9 Å².